The Labute approximate surface area is 112 Å². The highest BCUT2D eigenvalue weighted by molar-refractivity contribution is 5.32. The second-order valence-electron chi connectivity index (χ2n) is 5.06. The zero-order valence-corrected chi connectivity index (χ0v) is 12.6. The minimum absolute atomic E-state index is 0.431. The Morgan fingerprint density at radius 2 is 1.83 bits per heavy atom. The third kappa shape index (κ3) is 4.43. The van der Waals surface area contributed by atoms with E-state index < -0.39 is 0 Å². The highest BCUT2D eigenvalue weighted by Crippen LogP contribution is 2.18. The van der Waals surface area contributed by atoms with E-state index in [1.54, 1.807) is 0 Å². The zero-order valence-electron chi connectivity index (χ0n) is 12.6. The van der Waals surface area contributed by atoms with E-state index in [4.69, 9.17) is 0 Å². The van der Waals surface area contributed by atoms with Gasteiger partial charge in [0.15, 0.2) is 0 Å². The predicted molar refractivity (Wildman–Crippen MR) is 80.1 cm³/mol. The molecule has 0 heterocycles. The largest absolute Gasteiger partial charge is 0.309 e. The van der Waals surface area contributed by atoms with Crippen LogP contribution in [-0.2, 0) is 0 Å². The fourth-order valence-corrected chi connectivity index (χ4v) is 2.32. The number of hydrogen-bond acceptors (Lipinski definition) is 2. The molecule has 1 rings (SSSR count). The van der Waals surface area contributed by atoms with E-state index in [0.717, 1.165) is 26.2 Å². The van der Waals surface area contributed by atoms with Crippen LogP contribution in [0.3, 0.4) is 0 Å². The van der Waals surface area contributed by atoms with Gasteiger partial charge in [-0.2, -0.15) is 0 Å². The fourth-order valence-electron chi connectivity index (χ4n) is 2.32. The lowest BCUT2D eigenvalue weighted by Gasteiger charge is -2.21. The molecule has 102 valence electrons. The molecule has 1 atom stereocenters. The standard InChI is InChI=1S/C16H28N2/c1-6-18(7-2)11-10-17-15(5)16-12-13(3)8-9-14(16)4/h8-9,12,15,17H,6-7,10-11H2,1-5H3. The number of hydrogen-bond donors (Lipinski definition) is 1. The van der Waals surface area contributed by atoms with Crippen LogP contribution in [0.25, 0.3) is 0 Å². The Morgan fingerprint density at radius 3 is 2.44 bits per heavy atom. The van der Waals surface area contributed by atoms with Gasteiger partial charge in [-0.3, -0.25) is 0 Å². The molecule has 0 bridgehead atoms. The molecule has 0 amide bonds. The summed E-state index contributed by atoms with van der Waals surface area (Å²) in [6.07, 6.45) is 0. The number of aryl methyl sites for hydroxylation is 2. The van der Waals surface area contributed by atoms with Gasteiger partial charge in [-0.25, -0.2) is 0 Å². The lowest BCUT2D eigenvalue weighted by Crippen LogP contribution is -2.33. The summed E-state index contributed by atoms with van der Waals surface area (Å²) in [6.45, 7) is 15.5. The van der Waals surface area contributed by atoms with Crippen molar-refractivity contribution >= 4 is 0 Å². The van der Waals surface area contributed by atoms with E-state index in [2.05, 4.69) is 63.0 Å². The van der Waals surface area contributed by atoms with Crippen LogP contribution >= 0.6 is 0 Å². The van der Waals surface area contributed by atoms with Crippen LogP contribution in [-0.4, -0.2) is 31.1 Å². The fraction of sp³-hybridized carbons (Fsp3) is 0.625. The van der Waals surface area contributed by atoms with Gasteiger partial charge in [0.1, 0.15) is 0 Å². The number of benzene rings is 1. The number of rotatable bonds is 7. The first-order valence-corrected chi connectivity index (χ1v) is 7.11. The molecule has 18 heavy (non-hydrogen) atoms. The number of nitrogens with zero attached hydrogens (tertiary/aromatic N) is 1. The van der Waals surface area contributed by atoms with Gasteiger partial charge in [0.25, 0.3) is 0 Å². The second-order valence-corrected chi connectivity index (χ2v) is 5.06. The Kier molecular flexibility index (Phi) is 6.37. The van der Waals surface area contributed by atoms with E-state index >= 15 is 0 Å². The SMILES string of the molecule is CCN(CC)CCNC(C)c1cc(C)ccc1C. The molecule has 0 aliphatic rings. The molecular weight excluding hydrogens is 220 g/mol. The molecule has 0 aromatic heterocycles. The highest BCUT2D eigenvalue weighted by Gasteiger charge is 2.08. The molecule has 1 unspecified atom stereocenters. The van der Waals surface area contributed by atoms with Crippen molar-refractivity contribution in [2.75, 3.05) is 26.2 Å². The summed E-state index contributed by atoms with van der Waals surface area (Å²) in [5, 5.41) is 3.62. The lowest BCUT2D eigenvalue weighted by atomic mass is 10.00. The lowest BCUT2D eigenvalue weighted by molar-refractivity contribution is 0.298. The maximum atomic E-state index is 3.62. The van der Waals surface area contributed by atoms with E-state index in [1.165, 1.54) is 16.7 Å². The molecule has 2 heteroatoms. The Morgan fingerprint density at radius 1 is 1.17 bits per heavy atom. The molecule has 0 aliphatic heterocycles. The summed E-state index contributed by atoms with van der Waals surface area (Å²) in [5.74, 6) is 0. The Hall–Kier alpha value is -0.860. The first-order chi connectivity index (χ1) is 8.58. The molecule has 0 aliphatic carbocycles. The normalized spacial score (nSPS) is 13.0. The molecule has 2 nitrogen and oxygen atoms in total. The van der Waals surface area contributed by atoms with Gasteiger partial charge in [-0.15, -0.1) is 0 Å². The van der Waals surface area contributed by atoms with Gasteiger partial charge in [-0.05, 0) is 45.0 Å². The van der Waals surface area contributed by atoms with Crippen LogP contribution < -0.4 is 5.32 Å². The third-order valence-electron chi connectivity index (χ3n) is 3.67. The number of nitrogens with one attached hydrogen (secondary N) is 1. The molecule has 1 aromatic rings. The van der Waals surface area contributed by atoms with Crippen molar-refractivity contribution < 1.29 is 0 Å². The molecule has 1 N–H and O–H groups in total. The maximum absolute atomic E-state index is 3.62. The van der Waals surface area contributed by atoms with E-state index in [9.17, 15) is 0 Å². The van der Waals surface area contributed by atoms with Crippen LogP contribution in [0.4, 0.5) is 0 Å². The summed E-state index contributed by atoms with van der Waals surface area (Å²) in [4.78, 5) is 2.45. The molecule has 1 aromatic carbocycles. The monoisotopic (exact) mass is 248 g/mol. The van der Waals surface area contributed by atoms with Crippen LogP contribution in [0.2, 0.25) is 0 Å². The quantitative estimate of drug-likeness (QED) is 0.796. The van der Waals surface area contributed by atoms with Crippen molar-refractivity contribution in [2.45, 2.75) is 40.7 Å². The smallest absolute Gasteiger partial charge is 0.0295 e. The molecule has 0 saturated carbocycles. The van der Waals surface area contributed by atoms with Crippen molar-refractivity contribution in [3.63, 3.8) is 0 Å². The van der Waals surface area contributed by atoms with Gasteiger partial charge in [0.2, 0.25) is 0 Å². The van der Waals surface area contributed by atoms with Gasteiger partial charge >= 0.3 is 0 Å². The van der Waals surface area contributed by atoms with Gasteiger partial charge in [-0.1, -0.05) is 37.6 Å². The van der Waals surface area contributed by atoms with Crippen molar-refractivity contribution in [2.24, 2.45) is 0 Å². The van der Waals surface area contributed by atoms with Crippen LogP contribution in [0.1, 0.15) is 43.5 Å². The Bertz CT molecular complexity index is 356. The zero-order chi connectivity index (χ0) is 13.5. The van der Waals surface area contributed by atoms with Crippen LogP contribution in [0.15, 0.2) is 18.2 Å². The van der Waals surface area contributed by atoms with Gasteiger partial charge in [0.05, 0.1) is 0 Å². The molecule has 0 radical (unpaired) electrons. The minimum atomic E-state index is 0.431. The van der Waals surface area contributed by atoms with Crippen molar-refractivity contribution in [3.8, 4) is 0 Å². The van der Waals surface area contributed by atoms with Crippen molar-refractivity contribution in [1.29, 1.82) is 0 Å². The molecular formula is C16H28N2. The first-order valence-electron chi connectivity index (χ1n) is 7.11. The summed E-state index contributed by atoms with van der Waals surface area (Å²) in [7, 11) is 0. The summed E-state index contributed by atoms with van der Waals surface area (Å²) in [5.41, 5.74) is 4.14. The van der Waals surface area contributed by atoms with Crippen LogP contribution in [0, 0.1) is 13.8 Å². The van der Waals surface area contributed by atoms with Crippen LogP contribution in [0.5, 0.6) is 0 Å². The van der Waals surface area contributed by atoms with E-state index in [1.807, 2.05) is 0 Å². The average Bonchev–Trinajstić information content (AvgIpc) is 2.37. The van der Waals surface area contributed by atoms with Gasteiger partial charge in [0, 0.05) is 19.1 Å². The van der Waals surface area contributed by atoms with Gasteiger partial charge < -0.3 is 10.2 Å². The molecule has 0 fully saturated rings. The van der Waals surface area contributed by atoms with E-state index in [0.29, 0.717) is 6.04 Å². The van der Waals surface area contributed by atoms with Crippen molar-refractivity contribution in [1.82, 2.24) is 10.2 Å². The van der Waals surface area contributed by atoms with Crippen molar-refractivity contribution in [3.05, 3.63) is 34.9 Å². The minimum Gasteiger partial charge on any atom is -0.309 e. The summed E-state index contributed by atoms with van der Waals surface area (Å²) < 4.78 is 0. The topological polar surface area (TPSA) is 15.3 Å². The second kappa shape index (κ2) is 7.55. The predicted octanol–water partition coefficient (Wildman–Crippen LogP) is 3.30. The highest BCUT2D eigenvalue weighted by atomic mass is 15.1. The summed E-state index contributed by atoms with van der Waals surface area (Å²) in [6, 6.07) is 7.12. The first kappa shape index (κ1) is 15.2. The average molecular weight is 248 g/mol. The van der Waals surface area contributed by atoms with E-state index in [-0.39, 0.29) is 0 Å². The number of likely N-dealkylation sites (N-methyl/N-ethyl adjacent to an activating group) is 1. The molecule has 0 saturated heterocycles. The maximum Gasteiger partial charge on any atom is 0.0295 e. The molecule has 0 spiro atoms. The Balaban J connectivity index is 2.50. The summed E-state index contributed by atoms with van der Waals surface area (Å²) >= 11 is 0. The third-order valence-corrected chi connectivity index (χ3v) is 3.67.